The van der Waals surface area contributed by atoms with Gasteiger partial charge in [0, 0.05) is 31.0 Å². The predicted octanol–water partition coefficient (Wildman–Crippen LogP) is 2.41. The van der Waals surface area contributed by atoms with E-state index in [1.54, 1.807) is 35.7 Å². The van der Waals surface area contributed by atoms with Crippen LogP contribution in [0.15, 0.2) is 35.7 Å². The van der Waals surface area contributed by atoms with E-state index in [9.17, 15) is 4.79 Å². The van der Waals surface area contributed by atoms with E-state index in [0.717, 1.165) is 31.5 Å². The molecule has 1 aromatic heterocycles. The van der Waals surface area contributed by atoms with Crippen LogP contribution in [0.5, 0.6) is 0 Å². The van der Waals surface area contributed by atoms with Gasteiger partial charge in [0.15, 0.2) is 0 Å². The van der Waals surface area contributed by atoms with E-state index in [4.69, 9.17) is 0 Å². The zero-order valence-corrected chi connectivity index (χ0v) is 9.85. The number of carbonyl (C=O) groups is 1. The first-order valence-electron chi connectivity index (χ1n) is 6.23. The average molecular weight is 228 g/mol. The first-order chi connectivity index (χ1) is 8.34. The van der Waals surface area contributed by atoms with Crippen LogP contribution in [0.25, 0.3) is 0 Å². The van der Waals surface area contributed by atoms with Gasteiger partial charge in [-0.3, -0.25) is 9.78 Å². The molecule has 2 heterocycles. The molecule has 0 atom stereocenters. The van der Waals surface area contributed by atoms with Gasteiger partial charge in [0.1, 0.15) is 0 Å². The highest BCUT2D eigenvalue weighted by Gasteiger charge is 2.24. The van der Waals surface area contributed by atoms with Crippen molar-refractivity contribution < 1.29 is 4.79 Å². The number of hydrogen-bond acceptors (Lipinski definition) is 2. The lowest BCUT2D eigenvalue weighted by Crippen LogP contribution is -2.36. The molecule has 0 unspecified atom stereocenters. The Morgan fingerprint density at radius 3 is 2.18 bits per heavy atom. The summed E-state index contributed by atoms with van der Waals surface area (Å²) in [6, 6.07) is 3.58. The van der Waals surface area contributed by atoms with Crippen molar-refractivity contribution in [2.45, 2.75) is 25.7 Å². The van der Waals surface area contributed by atoms with Crippen molar-refractivity contribution in [3.63, 3.8) is 0 Å². The van der Waals surface area contributed by atoms with Crippen molar-refractivity contribution in [2.75, 3.05) is 13.1 Å². The number of likely N-dealkylation sites (tertiary alicyclic amines) is 1. The van der Waals surface area contributed by atoms with E-state index in [-0.39, 0.29) is 5.91 Å². The minimum Gasteiger partial charge on any atom is -0.338 e. The summed E-state index contributed by atoms with van der Waals surface area (Å²) >= 11 is 0. The molecule has 1 aromatic rings. The highest BCUT2D eigenvalue weighted by Crippen LogP contribution is 2.36. The molecule has 17 heavy (non-hydrogen) atoms. The van der Waals surface area contributed by atoms with Crippen LogP contribution in [0, 0.1) is 0 Å². The Balaban J connectivity index is 1.67. The quantitative estimate of drug-likeness (QED) is 0.691. The summed E-state index contributed by atoms with van der Waals surface area (Å²) in [5.41, 5.74) is 4.02. The van der Waals surface area contributed by atoms with E-state index in [1.165, 1.54) is 12.8 Å². The predicted molar refractivity (Wildman–Crippen MR) is 65.6 cm³/mol. The van der Waals surface area contributed by atoms with Gasteiger partial charge in [-0.15, -0.1) is 0 Å². The average Bonchev–Trinajstić information content (AvgIpc) is 3.24. The number of pyridine rings is 1. The molecule has 0 spiro atoms. The number of nitrogens with zero attached hydrogens (tertiary/aromatic N) is 2. The molecule has 1 aliphatic carbocycles. The van der Waals surface area contributed by atoms with Crippen LogP contribution >= 0.6 is 0 Å². The Morgan fingerprint density at radius 1 is 1.00 bits per heavy atom. The van der Waals surface area contributed by atoms with Crippen molar-refractivity contribution in [1.29, 1.82) is 0 Å². The maximum Gasteiger partial charge on any atom is 0.253 e. The molecule has 0 bridgehead atoms. The van der Waals surface area contributed by atoms with Crippen molar-refractivity contribution in [1.82, 2.24) is 9.88 Å². The molecule has 3 heteroatoms. The first-order valence-corrected chi connectivity index (χ1v) is 6.23. The molecule has 88 valence electrons. The smallest absolute Gasteiger partial charge is 0.253 e. The maximum atomic E-state index is 12.2. The number of piperidine rings is 1. The first kappa shape index (κ1) is 10.5. The van der Waals surface area contributed by atoms with Crippen molar-refractivity contribution in [2.24, 2.45) is 0 Å². The summed E-state index contributed by atoms with van der Waals surface area (Å²) < 4.78 is 0. The molecule has 2 fully saturated rings. The monoisotopic (exact) mass is 228 g/mol. The van der Waals surface area contributed by atoms with Crippen LogP contribution in [-0.2, 0) is 0 Å². The summed E-state index contributed by atoms with van der Waals surface area (Å²) in [6.45, 7) is 1.75. The number of hydrogen-bond donors (Lipinski definition) is 0. The summed E-state index contributed by atoms with van der Waals surface area (Å²) in [4.78, 5) is 18.1. The fourth-order valence-electron chi connectivity index (χ4n) is 2.43. The van der Waals surface area contributed by atoms with E-state index in [1.807, 2.05) is 4.90 Å². The molecule has 3 nitrogen and oxygen atoms in total. The third kappa shape index (κ3) is 2.23. The second kappa shape index (κ2) is 4.32. The van der Waals surface area contributed by atoms with Gasteiger partial charge in [-0.1, -0.05) is 11.1 Å². The Kier molecular flexibility index (Phi) is 2.67. The fourth-order valence-corrected chi connectivity index (χ4v) is 2.43. The van der Waals surface area contributed by atoms with Crippen LogP contribution in [0.3, 0.4) is 0 Å². The lowest BCUT2D eigenvalue weighted by molar-refractivity contribution is 0.0743. The second-order valence-corrected chi connectivity index (χ2v) is 4.74. The lowest BCUT2D eigenvalue weighted by Gasteiger charge is -2.28. The van der Waals surface area contributed by atoms with Crippen LogP contribution in [0.1, 0.15) is 36.0 Å². The van der Waals surface area contributed by atoms with Crippen molar-refractivity contribution in [3.05, 3.63) is 41.2 Å². The molecule has 0 N–H and O–H groups in total. The summed E-state index contributed by atoms with van der Waals surface area (Å²) in [5, 5.41) is 0. The van der Waals surface area contributed by atoms with Gasteiger partial charge in [0.2, 0.25) is 0 Å². The van der Waals surface area contributed by atoms with Gasteiger partial charge >= 0.3 is 0 Å². The molecule has 2 aliphatic rings. The highest BCUT2D eigenvalue weighted by atomic mass is 16.2. The zero-order chi connectivity index (χ0) is 11.7. The van der Waals surface area contributed by atoms with E-state index >= 15 is 0 Å². The molecule has 1 amide bonds. The number of rotatable bonds is 1. The summed E-state index contributed by atoms with van der Waals surface area (Å²) in [7, 11) is 0. The van der Waals surface area contributed by atoms with Crippen molar-refractivity contribution >= 4 is 5.91 Å². The Hall–Kier alpha value is -1.64. The van der Waals surface area contributed by atoms with Gasteiger partial charge in [-0.05, 0) is 37.8 Å². The molecule has 3 rings (SSSR count). The highest BCUT2D eigenvalue weighted by molar-refractivity contribution is 5.94. The van der Waals surface area contributed by atoms with Crippen LogP contribution in [-0.4, -0.2) is 28.9 Å². The van der Waals surface area contributed by atoms with E-state index in [2.05, 4.69) is 4.98 Å². The third-order valence-corrected chi connectivity index (χ3v) is 3.58. The Morgan fingerprint density at radius 2 is 1.59 bits per heavy atom. The van der Waals surface area contributed by atoms with Gasteiger partial charge in [0.05, 0.1) is 0 Å². The zero-order valence-electron chi connectivity index (χ0n) is 9.85. The molecule has 1 saturated carbocycles. The number of carbonyl (C=O) groups excluding carboxylic acids is 1. The minimum absolute atomic E-state index is 0.146. The fraction of sp³-hybridized carbons (Fsp3) is 0.429. The Bertz CT molecular complexity index is 448. The SMILES string of the molecule is O=C(c1ccncc1)N1CCC(=C2CC2)CC1. The maximum absolute atomic E-state index is 12.2. The molecule has 1 saturated heterocycles. The van der Waals surface area contributed by atoms with Crippen LogP contribution in [0.2, 0.25) is 0 Å². The van der Waals surface area contributed by atoms with Gasteiger partial charge in [-0.2, -0.15) is 0 Å². The third-order valence-electron chi connectivity index (χ3n) is 3.58. The van der Waals surface area contributed by atoms with Gasteiger partial charge < -0.3 is 4.90 Å². The second-order valence-electron chi connectivity index (χ2n) is 4.74. The minimum atomic E-state index is 0.146. The van der Waals surface area contributed by atoms with Crippen LogP contribution < -0.4 is 0 Å². The van der Waals surface area contributed by atoms with Crippen molar-refractivity contribution in [3.8, 4) is 0 Å². The topological polar surface area (TPSA) is 33.2 Å². The normalized spacial score (nSPS) is 19.4. The van der Waals surface area contributed by atoms with Crippen LogP contribution in [0.4, 0.5) is 0 Å². The molecule has 0 aromatic carbocycles. The number of allylic oxidation sites excluding steroid dienone is 1. The van der Waals surface area contributed by atoms with Gasteiger partial charge in [0.25, 0.3) is 5.91 Å². The lowest BCUT2D eigenvalue weighted by atomic mass is 10.0. The largest absolute Gasteiger partial charge is 0.338 e. The van der Waals surface area contributed by atoms with E-state index in [0.29, 0.717) is 0 Å². The number of amides is 1. The molecular weight excluding hydrogens is 212 g/mol. The van der Waals surface area contributed by atoms with E-state index < -0.39 is 0 Å². The summed E-state index contributed by atoms with van der Waals surface area (Å²) in [5.74, 6) is 0.146. The molecule has 1 aliphatic heterocycles. The Labute approximate surface area is 101 Å². The molecular formula is C14H16N2O. The number of aromatic nitrogens is 1. The molecule has 0 radical (unpaired) electrons. The van der Waals surface area contributed by atoms with Gasteiger partial charge in [-0.25, -0.2) is 0 Å². The standard InChI is InChI=1S/C14H16N2O/c17-14(13-3-7-15-8-4-13)16-9-5-12(6-10-16)11-1-2-11/h3-4,7-8H,1-2,5-6,9-10H2. The summed E-state index contributed by atoms with van der Waals surface area (Å²) in [6.07, 6.45) is 8.10.